The lowest BCUT2D eigenvalue weighted by Crippen LogP contribution is -2.08. The number of amides is 1. The number of halogens is 3. The largest absolute Gasteiger partial charge is 0.496 e. The average Bonchev–Trinajstić information content (AvgIpc) is 3.33. The Hall–Kier alpha value is -4.53. The summed E-state index contributed by atoms with van der Waals surface area (Å²) in [5.74, 6) is 1.03. The van der Waals surface area contributed by atoms with Crippen LogP contribution in [0.25, 0.3) is 6.08 Å². The first-order valence-electron chi connectivity index (χ1n) is 11.3. The van der Waals surface area contributed by atoms with Crippen LogP contribution in [0, 0.1) is 0 Å². The minimum absolute atomic E-state index is 0.134. The number of para-hydroxylation sites is 1. The van der Waals surface area contributed by atoms with Gasteiger partial charge in [0, 0.05) is 17.8 Å². The van der Waals surface area contributed by atoms with Gasteiger partial charge in [-0.1, -0.05) is 36.4 Å². The van der Waals surface area contributed by atoms with Crippen LogP contribution < -0.4 is 14.8 Å². The second-order valence-corrected chi connectivity index (χ2v) is 8.12. The molecule has 37 heavy (non-hydrogen) atoms. The molecule has 0 atom stereocenters. The van der Waals surface area contributed by atoms with E-state index in [0.717, 1.165) is 29.0 Å². The zero-order valence-electron chi connectivity index (χ0n) is 19.9. The van der Waals surface area contributed by atoms with Gasteiger partial charge in [-0.05, 0) is 53.6 Å². The molecule has 4 aromatic rings. The Morgan fingerprint density at radius 1 is 1.05 bits per heavy atom. The molecule has 0 aliphatic rings. The molecule has 3 aromatic carbocycles. The Kier molecular flexibility index (Phi) is 7.92. The Morgan fingerprint density at radius 3 is 2.62 bits per heavy atom. The summed E-state index contributed by atoms with van der Waals surface area (Å²) in [5, 5.41) is 6.82. The topological polar surface area (TPSA) is 65.4 Å². The molecule has 190 valence electrons. The number of rotatable bonds is 9. The van der Waals surface area contributed by atoms with Crippen molar-refractivity contribution in [2.24, 2.45) is 0 Å². The predicted octanol–water partition coefficient (Wildman–Crippen LogP) is 6.19. The molecule has 1 N–H and O–H groups in total. The van der Waals surface area contributed by atoms with Crippen molar-refractivity contribution in [3.05, 3.63) is 114 Å². The van der Waals surface area contributed by atoms with Crippen LogP contribution >= 0.6 is 0 Å². The maximum absolute atomic E-state index is 12.9. The molecule has 1 amide bonds. The average molecular weight is 508 g/mol. The minimum atomic E-state index is -4.41. The van der Waals surface area contributed by atoms with Crippen molar-refractivity contribution in [3.8, 4) is 11.5 Å². The Labute approximate surface area is 212 Å². The zero-order chi connectivity index (χ0) is 26.3. The number of methoxy groups -OCH3 is 1. The van der Waals surface area contributed by atoms with Crippen molar-refractivity contribution in [1.29, 1.82) is 0 Å². The van der Waals surface area contributed by atoms with Gasteiger partial charge in [-0.15, -0.1) is 0 Å². The number of nitrogens with one attached hydrogen (secondary N) is 1. The zero-order valence-corrected chi connectivity index (χ0v) is 19.9. The molecule has 0 aliphatic heterocycles. The first kappa shape index (κ1) is 25.6. The summed E-state index contributed by atoms with van der Waals surface area (Å²) >= 11 is 0. The highest BCUT2D eigenvalue weighted by molar-refractivity contribution is 6.01. The molecular formula is C28H24F3N3O3. The van der Waals surface area contributed by atoms with Gasteiger partial charge in [-0.3, -0.25) is 9.48 Å². The van der Waals surface area contributed by atoms with Crippen molar-refractivity contribution >= 4 is 17.7 Å². The van der Waals surface area contributed by atoms with Crippen molar-refractivity contribution in [2.45, 2.75) is 19.3 Å². The number of alkyl halides is 3. The van der Waals surface area contributed by atoms with Crippen LogP contribution in [0.4, 0.5) is 18.9 Å². The summed E-state index contributed by atoms with van der Waals surface area (Å²) in [5.41, 5.74) is 1.76. The van der Waals surface area contributed by atoms with E-state index in [1.807, 2.05) is 42.5 Å². The lowest BCUT2D eigenvalue weighted by atomic mass is 10.1. The van der Waals surface area contributed by atoms with E-state index in [4.69, 9.17) is 9.47 Å². The monoisotopic (exact) mass is 507 g/mol. The molecular weight excluding hydrogens is 483 g/mol. The van der Waals surface area contributed by atoms with E-state index >= 15 is 0 Å². The minimum Gasteiger partial charge on any atom is -0.496 e. The van der Waals surface area contributed by atoms with Crippen LogP contribution in [0.3, 0.4) is 0 Å². The smallest absolute Gasteiger partial charge is 0.416 e. The van der Waals surface area contributed by atoms with Gasteiger partial charge in [0.1, 0.15) is 18.1 Å². The van der Waals surface area contributed by atoms with E-state index in [1.54, 1.807) is 31.5 Å². The van der Waals surface area contributed by atoms with Crippen molar-refractivity contribution in [3.63, 3.8) is 0 Å². The number of ether oxygens (including phenoxy) is 2. The van der Waals surface area contributed by atoms with E-state index < -0.39 is 11.7 Å². The van der Waals surface area contributed by atoms with Gasteiger partial charge in [0.25, 0.3) is 0 Å². The quantitative estimate of drug-likeness (QED) is 0.275. The first-order chi connectivity index (χ1) is 17.8. The van der Waals surface area contributed by atoms with E-state index in [1.165, 1.54) is 23.0 Å². The molecule has 0 aliphatic carbocycles. The molecule has 0 saturated carbocycles. The van der Waals surface area contributed by atoms with Crippen LogP contribution in [0.5, 0.6) is 11.5 Å². The molecule has 0 bridgehead atoms. The molecule has 0 saturated heterocycles. The SMILES string of the molecule is COc1ccc(/C=C/C(=O)Nc2cnn(Cc3cccc(C(F)(F)F)c3)c2)cc1COc1ccccc1. The summed E-state index contributed by atoms with van der Waals surface area (Å²) in [6, 6.07) is 20.0. The molecule has 9 heteroatoms. The van der Waals surface area contributed by atoms with Crippen molar-refractivity contribution in [1.82, 2.24) is 9.78 Å². The maximum Gasteiger partial charge on any atom is 0.416 e. The second-order valence-electron chi connectivity index (χ2n) is 8.12. The summed E-state index contributed by atoms with van der Waals surface area (Å²) < 4.78 is 51.5. The van der Waals surface area contributed by atoms with Crippen LogP contribution in [-0.2, 0) is 24.1 Å². The standard InChI is InChI=1S/C28H24F3N3O3/c1-36-26-12-10-20(14-22(26)19-37-25-8-3-2-4-9-25)11-13-27(35)33-24-16-32-34(18-24)17-21-6-5-7-23(15-21)28(29,30)31/h2-16,18H,17,19H2,1H3,(H,33,35)/b13-11+. The number of hydrogen-bond acceptors (Lipinski definition) is 4. The highest BCUT2D eigenvalue weighted by Gasteiger charge is 2.30. The highest BCUT2D eigenvalue weighted by Crippen LogP contribution is 2.29. The van der Waals surface area contributed by atoms with E-state index in [-0.39, 0.29) is 12.5 Å². The Bertz CT molecular complexity index is 1380. The normalized spacial score (nSPS) is 11.5. The molecule has 4 rings (SSSR count). The predicted molar refractivity (Wildman–Crippen MR) is 134 cm³/mol. The lowest BCUT2D eigenvalue weighted by Gasteiger charge is -2.11. The molecule has 0 unspecified atom stereocenters. The maximum atomic E-state index is 12.9. The van der Waals surface area contributed by atoms with Crippen LogP contribution in [0.1, 0.15) is 22.3 Å². The Morgan fingerprint density at radius 2 is 1.86 bits per heavy atom. The molecule has 0 fully saturated rings. The number of hydrogen-bond donors (Lipinski definition) is 1. The van der Waals surface area contributed by atoms with Gasteiger partial charge in [-0.25, -0.2) is 0 Å². The number of aromatic nitrogens is 2. The van der Waals surface area contributed by atoms with Gasteiger partial charge in [0.2, 0.25) is 5.91 Å². The number of nitrogens with zero attached hydrogens (tertiary/aromatic N) is 2. The first-order valence-corrected chi connectivity index (χ1v) is 11.3. The van der Waals surface area contributed by atoms with Crippen LogP contribution in [0.15, 0.2) is 91.3 Å². The molecule has 1 aromatic heterocycles. The van der Waals surface area contributed by atoms with Crippen LogP contribution in [-0.4, -0.2) is 22.8 Å². The second kappa shape index (κ2) is 11.5. The van der Waals surface area contributed by atoms with Gasteiger partial charge in [0.05, 0.1) is 31.1 Å². The van der Waals surface area contributed by atoms with Crippen molar-refractivity contribution < 1.29 is 27.4 Å². The van der Waals surface area contributed by atoms with E-state index in [9.17, 15) is 18.0 Å². The molecule has 0 radical (unpaired) electrons. The summed E-state index contributed by atoms with van der Waals surface area (Å²) in [4.78, 5) is 12.4. The van der Waals surface area contributed by atoms with Crippen LogP contribution in [0.2, 0.25) is 0 Å². The summed E-state index contributed by atoms with van der Waals surface area (Å²) in [7, 11) is 1.58. The Balaban J connectivity index is 1.36. The van der Waals surface area contributed by atoms with Crippen molar-refractivity contribution in [2.75, 3.05) is 12.4 Å². The fraction of sp³-hybridized carbons (Fsp3) is 0.143. The fourth-order valence-electron chi connectivity index (χ4n) is 3.60. The third kappa shape index (κ3) is 7.23. The number of carbonyl (C=O) groups is 1. The third-order valence-electron chi connectivity index (χ3n) is 5.37. The van der Waals surface area contributed by atoms with E-state index in [0.29, 0.717) is 23.6 Å². The molecule has 6 nitrogen and oxygen atoms in total. The lowest BCUT2D eigenvalue weighted by molar-refractivity contribution is -0.137. The van der Waals surface area contributed by atoms with Gasteiger partial charge >= 0.3 is 6.18 Å². The third-order valence-corrected chi connectivity index (χ3v) is 5.37. The summed E-state index contributed by atoms with van der Waals surface area (Å²) in [6.07, 6.45) is 1.62. The number of anilines is 1. The van der Waals surface area contributed by atoms with Gasteiger partial charge in [0.15, 0.2) is 0 Å². The fourth-order valence-corrected chi connectivity index (χ4v) is 3.60. The summed E-state index contributed by atoms with van der Waals surface area (Å²) in [6.45, 7) is 0.432. The van der Waals surface area contributed by atoms with Gasteiger partial charge < -0.3 is 14.8 Å². The highest BCUT2D eigenvalue weighted by atomic mass is 19.4. The number of benzene rings is 3. The van der Waals surface area contributed by atoms with Gasteiger partial charge in [-0.2, -0.15) is 18.3 Å². The number of carbonyl (C=O) groups excluding carboxylic acids is 1. The molecule has 1 heterocycles. The van der Waals surface area contributed by atoms with E-state index in [2.05, 4.69) is 10.4 Å². The molecule has 0 spiro atoms.